The standard InChI is InChI=1S/C25H29NO5/c1-3-30-23-16-19(9-10-22(23)27)15-21(20-7-5-4-6-8-20)25(29)31-17-24(28)26-13-11-18(2)12-14-26/h4-10,15-16,18,27H,3,11-14,17H2,1-2H3/b21-15+. The molecule has 0 unspecified atom stereocenters. The van der Waals surface area contributed by atoms with Crippen molar-refractivity contribution in [1.29, 1.82) is 0 Å². The minimum atomic E-state index is -0.573. The molecule has 2 aromatic carbocycles. The molecular formula is C25H29NO5. The smallest absolute Gasteiger partial charge is 0.339 e. The van der Waals surface area contributed by atoms with Crippen molar-refractivity contribution in [2.24, 2.45) is 5.92 Å². The zero-order valence-electron chi connectivity index (χ0n) is 18.0. The van der Waals surface area contributed by atoms with Crippen molar-refractivity contribution in [3.05, 3.63) is 59.7 Å². The number of rotatable bonds is 7. The summed E-state index contributed by atoms with van der Waals surface area (Å²) in [6.07, 6.45) is 3.61. The van der Waals surface area contributed by atoms with Gasteiger partial charge >= 0.3 is 5.97 Å². The Balaban J connectivity index is 1.78. The molecule has 31 heavy (non-hydrogen) atoms. The molecule has 1 aliphatic heterocycles. The lowest BCUT2D eigenvalue weighted by molar-refractivity contribution is -0.148. The van der Waals surface area contributed by atoms with Gasteiger partial charge in [0.2, 0.25) is 0 Å². The Morgan fingerprint density at radius 2 is 1.84 bits per heavy atom. The van der Waals surface area contributed by atoms with Crippen molar-refractivity contribution in [3.8, 4) is 11.5 Å². The Morgan fingerprint density at radius 3 is 2.52 bits per heavy atom. The van der Waals surface area contributed by atoms with E-state index in [1.807, 2.05) is 37.3 Å². The number of carbonyl (C=O) groups is 2. The zero-order valence-corrected chi connectivity index (χ0v) is 18.0. The minimum absolute atomic E-state index is 0.0317. The van der Waals surface area contributed by atoms with Crippen LogP contribution in [0.25, 0.3) is 11.6 Å². The van der Waals surface area contributed by atoms with E-state index in [4.69, 9.17) is 9.47 Å². The summed E-state index contributed by atoms with van der Waals surface area (Å²) in [7, 11) is 0. The molecule has 1 N–H and O–H groups in total. The van der Waals surface area contributed by atoms with Crippen LogP contribution in [0.5, 0.6) is 11.5 Å². The topological polar surface area (TPSA) is 76.1 Å². The number of hydrogen-bond acceptors (Lipinski definition) is 5. The van der Waals surface area contributed by atoms with E-state index in [2.05, 4.69) is 6.92 Å². The van der Waals surface area contributed by atoms with Gasteiger partial charge in [-0.2, -0.15) is 0 Å². The first-order chi connectivity index (χ1) is 15.0. The molecule has 0 bridgehead atoms. The monoisotopic (exact) mass is 423 g/mol. The van der Waals surface area contributed by atoms with Gasteiger partial charge in [0.25, 0.3) is 5.91 Å². The van der Waals surface area contributed by atoms with E-state index in [0.717, 1.165) is 12.8 Å². The Bertz CT molecular complexity index is 930. The van der Waals surface area contributed by atoms with E-state index in [0.29, 0.717) is 48.1 Å². The summed E-state index contributed by atoms with van der Waals surface area (Å²) in [5, 5.41) is 9.93. The van der Waals surface area contributed by atoms with Crippen LogP contribution in [0, 0.1) is 5.92 Å². The normalized spacial score (nSPS) is 14.9. The summed E-state index contributed by atoms with van der Waals surface area (Å²) in [5.41, 5.74) is 1.68. The number of phenolic OH excluding ortho intramolecular Hbond substituents is 1. The van der Waals surface area contributed by atoms with Gasteiger partial charge in [0, 0.05) is 13.1 Å². The fourth-order valence-corrected chi connectivity index (χ4v) is 3.49. The lowest BCUT2D eigenvalue weighted by atomic mass is 9.99. The van der Waals surface area contributed by atoms with E-state index < -0.39 is 5.97 Å². The van der Waals surface area contributed by atoms with E-state index in [-0.39, 0.29) is 18.3 Å². The molecule has 0 aliphatic carbocycles. The number of esters is 1. The van der Waals surface area contributed by atoms with E-state index in [1.54, 1.807) is 23.1 Å². The summed E-state index contributed by atoms with van der Waals surface area (Å²) >= 11 is 0. The molecule has 6 nitrogen and oxygen atoms in total. The van der Waals surface area contributed by atoms with Crippen LogP contribution in [0.15, 0.2) is 48.5 Å². The van der Waals surface area contributed by atoms with Gasteiger partial charge < -0.3 is 19.5 Å². The average molecular weight is 424 g/mol. The number of piperidine rings is 1. The number of amides is 1. The summed E-state index contributed by atoms with van der Waals surface area (Å²) < 4.78 is 10.8. The molecule has 0 spiro atoms. The molecule has 164 valence electrons. The molecule has 6 heteroatoms. The van der Waals surface area contributed by atoms with Crippen molar-refractivity contribution in [3.63, 3.8) is 0 Å². The second-order valence-electron chi connectivity index (χ2n) is 7.72. The quantitative estimate of drug-likeness (QED) is 0.412. The van der Waals surface area contributed by atoms with Crippen LogP contribution in [0.3, 0.4) is 0 Å². The summed E-state index contributed by atoms with van der Waals surface area (Å²) in [5.74, 6) is 0.244. The molecule has 0 radical (unpaired) electrons. The van der Waals surface area contributed by atoms with Gasteiger partial charge in [-0.05, 0) is 55.0 Å². The van der Waals surface area contributed by atoms with Gasteiger partial charge in [0.1, 0.15) is 0 Å². The van der Waals surface area contributed by atoms with E-state index in [1.165, 1.54) is 6.07 Å². The predicted octanol–water partition coefficient (Wildman–Crippen LogP) is 4.13. The third-order valence-corrected chi connectivity index (χ3v) is 5.36. The van der Waals surface area contributed by atoms with Crippen LogP contribution in [-0.2, 0) is 14.3 Å². The molecule has 1 fully saturated rings. The molecular weight excluding hydrogens is 394 g/mol. The van der Waals surface area contributed by atoms with Crippen molar-refractivity contribution in [2.75, 3.05) is 26.3 Å². The Kier molecular flexibility index (Phi) is 7.70. The first kappa shape index (κ1) is 22.4. The Morgan fingerprint density at radius 1 is 1.13 bits per heavy atom. The van der Waals surface area contributed by atoms with Crippen molar-refractivity contribution < 1.29 is 24.2 Å². The van der Waals surface area contributed by atoms with E-state index >= 15 is 0 Å². The van der Waals surface area contributed by atoms with Gasteiger partial charge in [-0.25, -0.2) is 4.79 Å². The van der Waals surface area contributed by atoms with Gasteiger partial charge in [0.05, 0.1) is 12.2 Å². The highest BCUT2D eigenvalue weighted by Gasteiger charge is 2.22. The molecule has 1 saturated heterocycles. The first-order valence-electron chi connectivity index (χ1n) is 10.7. The number of phenols is 1. The minimum Gasteiger partial charge on any atom is -0.504 e. The third-order valence-electron chi connectivity index (χ3n) is 5.36. The maximum Gasteiger partial charge on any atom is 0.339 e. The van der Waals surface area contributed by atoms with Crippen molar-refractivity contribution in [1.82, 2.24) is 4.90 Å². The maximum absolute atomic E-state index is 12.9. The Labute approximate surface area is 183 Å². The SMILES string of the molecule is CCOc1cc(/C=C(/C(=O)OCC(=O)N2CCC(C)CC2)c2ccccc2)ccc1O. The van der Waals surface area contributed by atoms with Crippen molar-refractivity contribution >= 4 is 23.5 Å². The van der Waals surface area contributed by atoms with Gasteiger partial charge in [0.15, 0.2) is 18.1 Å². The molecule has 1 heterocycles. The predicted molar refractivity (Wildman–Crippen MR) is 120 cm³/mol. The molecule has 0 atom stereocenters. The number of aromatic hydroxyl groups is 1. The maximum atomic E-state index is 12.9. The average Bonchev–Trinajstić information content (AvgIpc) is 2.79. The number of likely N-dealkylation sites (tertiary alicyclic amines) is 1. The van der Waals surface area contributed by atoms with E-state index in [9.17, 15) is 14.7 Å². The summed E-state index contributed by atoms with van der Waals surface area (Å²) in [4.78, 5) is 27.1. The highest BCUT2D eigenvalue weighted by Crippen LogP contribution is 2.29. The molecule has 0 aromatic heterocycles. The molecule has 1 aliphatic rings. The van der Waals surface area contributed by atoms with Crippen molar-refractivity contribution in [2.45, 2.75) is 26.7 Å². The number of carbonyl (C=O) groups excluding carboxylic acids is 2. The second-order valence-corrected chi connectivity index (χ2v) is 7.72. The molecule has 0 saturated carbocycles. The molecule has 3 rings (SSSR count). The fraction of sp³-hybridized carbons (Fsp3) is 0.360. The molecule has 2 aromatic rings. The number of hydrogen-bond donors (Lipinski definition) is 1. The van der Waals surface area contributed by atoms with Gasteiger partial charge in [-0.3, -0.25) is 4.79 Å². The van der Waals surface area contributed by atoms with Crippen LogP contribution in [-0.4, -0.2) is 48.2 Å². The lowest BCUT2D eigenvalue weighted by Gasteiger charge is -2.30. The van der Waals surface area contributed by atoms with Gasteiger partial charge in [-0.15, -0.1) is 0 Å². The fourth-order valence-electron chi connectivity index (χ4n) is 3.49. The molecule has 1 amide bonds. The van der Waals surface area contributed by atoms with Gasteiger partial charge in [-0.1, -0.05) is 43.3 Å². The number of ether oxygens (including phenoxy) is 2. The van der Waals surface area contributed by atoms with Crippen LogP contribution >= 0.6 is 0 Å². The van der Waals surface area contributed by atoms with Crippen LogP contribution in [0.2, 0.25) is 0 Å². The second kappa shape index (κ2) is 10.7. The number of nitrogens with zero attached hydrogens (tertiary/aromatic N) is 1. The van der Waals surface area contributed by atoms with Crippen LogP contribution in [0.1, 0.15) is 37.8 Å². The zero-order chi connectivity index (χ0) is 22.2. The largest absolute Gasteiger partial charge is 0.504 e. The summed E-state index contributed by atoms with van der Waals surface area (Å²) in [6, 6.07) is 14.0. The first-order valence-corrected chi connectivity index (χ1v) is 10.7. The highest BCUT2D eigenvalue weighted by atomic mass is 16.5. The van der Waals surface area contributed by atoms with Crippen LogP contribution < -0.4 is 4.74 Å². The highest BCUT2D eigenvalue weighted by molar-refractivity contribution is 6.21. The third kappa shape index (κ3) is 6.10. The Hall–Kier alpha value is -3.28. The lowest BCUT2D eigenvalue weighted by Crippen LogP contribution is -2.40. The number of benzene rings is 2. The van der Waals surface area contributed by atoms with Crippen LogP contribution in [0.4, 0.5) is 0 Å². The summed E-state index contributed by atoms with van der Waals surface area (Å²) in [6.45, 7) is 5.54.